The maximum atomic E-state index is 14.9. The van der Waals surface area contributed by atoms with Crippen molar-refractivity contribution in [2.75, 3.05) is 24.6 Å². The lowest BCUT2D eigenvalue weighted by atomic mass is 10.0. The number of aliphatic hydroxyl groups excluding tert-OH is 1. The lowest BCUT2D eigenvalue weighted by molar-refractivity contribution is 0.233. The molecule has 7 nitrogen and oxygen atoms in total. The van der Waals surface area contributed by atoms with Crippen molar-refractivity contribution in [1.82, 2.24) is 9.55 Å². The quantitative estimate of drug-likeness (QED) is 0.740. The van der Waals surface area contributed by atoms with Crippen molar-refractivity contribution in [3.8, 4) is 0 Å². The number of hydrogen-bond donors (Lipinski definition) is 3. The molecule has 1 aromatic carbocycles. The van der Waals surface area contributed by atoms with Crippen molar-refractivity contribution in [3.63, 3.8) is 0 Å². The molecular formula is C18H23FN4O3. The predicted molar refractivity (Wildman–Crippen MR) is 97.2 cm³/mol. The van der Waals surface area contributed by atoms with Gasteiger partial charge in [-0.1, -0.05) is 0 Å². The Bertz CT molecular complexity index is 979. The second-order valence-corrected chi connectivity index (χ2v) is 7.43. The van der Waals surface area contributed by atoms with Crippen LogP contribution >= 0.6 is 0 Å². The van der Waals surface area contributed by atoms with Crippen molar-refractivity contribution in [2.45, 2.75) is 38.3 Å². The highest BCUT2D eigenvalue weighted by molar-refractivity contribution is 5.87. The lowest BCUT2D eigenvalue weighted by Crippen LogP contribution is -2.36. The molecule has 1 saturated carbocycles. The van der Waals surface area contributed by atoms with Gasteiger partial charge in [0.05, 0.1) is 23.2 Å². The van der Waals surface area contributed by atoms with Crippen molar-refractivity contribution in [1.29, 1.82) is 0 Å². The van der Waals surface area contributed by atoms with Crippen LogP contribution in [0.1, 0.15) is 30.9 Å². The number of halogens is 1. The molecule has 2 aliphatic rings. The molecule has 2 unspecified atom stereocenters. The van der Waals surface area contributed by atoms with Crippen LogP contribution in [0.2, 0.25) is 0 Å². The second kappa shape index (κ2) is 6.21. The molecule has 0 spiro atoms. The summed E-state index contributed by atoms with van der Waals surface area (Å²) in [5, 5.41) is 9.48. The van der Waals surface area contributed by atoms with E-state index in [2.05, 4.69) is 4.98 Å². The first-order chi connectivity index (χ1) is 12.4. The van der Waals surface area contributed by atoms with Crippen LogP contribution < -0.4 is 21.9 Å². The van der Waals surface area contributed by atoms with E-state index in [1.165, 1.54) is 6.07 Å². The average molecular weight is 362 g/mol. The van der Waals surface area contributed by atoms with Gasteiger partial charge in [0.15, 0.2) is 0 Å². The van der Waals surface area contributed by atoms with E-state index in [1.54, 1.807) is 11.5 Å². The van der Waals surface area contributed by atoms with E-state index in [1.807, 2.05) is 4.90 Å². The smallest absolute Gasteiger partial charge is 0.329 e. The number of aryl methyl sites for hydroxylation is 1. The first kappa shape index (κ1) is 17.2. The predicted octanol–water partition coefficient (Wildman–Crippen LogP) is 0.618. The van der Waals surface area contributed by atoms with Gasteiger partial charge in [-0.2, -0.15) is 0 Å². The third-order valence-electron chi connectivity index (χ3n) is 5.66. The number of aromatic amines is 1. The number of nitrogens with one attached hydrogen (secondary N) is 1. The first-order valence-electron chi connectivity index (χ1n) is 9.01. The largest absolute Gasteiger partial charge is 0.395 e. The van der Waals surface area contributed by atoms with Gasteiger partial charge in [-0.25, -0.2) is 9.18 Å². The van der Waals surface area contributed by atoms with Gasteiger partial charge in [-0.15, -0.1) is 0 Å². The number of nitrogens with zero attached hydrogens (tertiary/aromatic N) is 2. The van der Waals surface area contributed by atoms with Crippen LogP contribution in [0.15, 0.2) is 15.7 Å². The van der Waals surface area contributed by atoms with Crippen LogP contribution in [0, 0.1) is 18.7 Å². The molecule has 8 heteroatoms. The molecule has 2 heterocycles. The SMILES string of the molecule is Cc1c(N2CCC(C(N)CO)C2)c(F)cc2c(=O)[nH]c(=O)n(C3CC3)c12. The molecular weight excluding hydrogens is 339 g/mol. The van der Waals surface area contributed by atoms with Gasteiger partial charge in [0, 0.05) is 30.7 Å². The van der Waals surface area contributed by atoms with E-state index in [-0.39, 0.29) is 30.0 Å². The molecule has 1 aromatic heterocycles. The summed E-state index contributed by atoms with van der Waals surface area (Å²) in [5.41, 5.74) is 6.49. The van der Waals surface area contributed by atoms with Crippen molar-refractivity contribution < 1.29 is 9.50 Å². The van der Waals surface area contributed by atoms with Gasteiger partial charge < -0.3 is 15.7 Å². The highest BCUT2D eigenvalue weighted by Crippen LogP contribution is 2.39. The maximum Gasteiger partial charge on any atom is 0.329 e. The minimum absolute atomic E-state index is 0.0630. The number of hydrogen-bond acceptors (Lipinski definition) is 5. The van der Waals surface area contributed by atoms with Gasteiger partial charge >= 0.3 is 5.69 Å². The molecule has 1 saturated heterocycles. The Morgan fingerprint density at radius 2 is 2.12 bits per heavy atom. The number of aliphatic hydroxyl groups is 1. The Morgan fingerprint density at radius 3 is 2.77 bits per heavy atom. The summed E-state index contributed by atoms with van der Waals surface area (Å²) >= 11 is 0. The highest BCUT2D eigenvalue weighted by atomic mass is 19.1. The number of fused-ring (bicyclic) bond motifs is 1. The number of H-pyrrole nitrogens is 1. The Labute approximate surface area is 149 Å². The average Bonchev–Trinajstić information content (AvgIpc) is 3.32. The Balaban J connectivity index is 1.88. The first-order valence-corrected chi connectivity index (χ1v) is 9.01. The Morgan fingerprint density at radius 1 is 1.38 bits per heavy atom. The van der Waals surface area contributed by atoms with Gasteiger partial charge in [0.1, 0.15) is 5.82 Å². The van der Waals surface area contributed by atoms with Crippen LogP contribution in [0.4, 0.5) is 10.1 Å². The summed E-state index contributed by atoms with van der Waals surface area (Å²) in [4.78, 5) is 28.8. The molecule has 1 aliphatic heterocycles. The van der Waals surface area contributed by atoms with Gasteiger partial charge in [-0.3, -0.25) is 14.3 Å². The number of anilines is 1. The van der Waals surface area contributed by atoms with E-state index in [4.69, 9.17) is 5.73 Å². The minimum Gasteiger partial charge on any atom is -0.395 e. The third-order valence-corrected chi connectivity index (χ3v) is 5.66. The van der Waals surface area contributed by atoms with Gasteiger partial charge in [-0.05, 0) is 38.2 Å². The van der Waals surface area contributed by atoms with Crippen LogP contribution in [-0.4, -0.2) is 40.4 Å². The molecule has 1 aliphatic carbocycles. The topological polar surface area (TPSA) is 104 Å². The van der Waals surface area contributed by atoms with Gasteiger partial charge in [0.25, 0.3) is 5.56 Å². The highest BCUT2D eigenvalue weighted by Gasteiger charge is 2.32. The minimum atomic E-state index is -0.558. The summed E-state index contributed by atoms with van der Waals surface area (Å²) in [7, 11) is 0. The fourth-order valence-corrected chi connectivity index (χ4v) is 4.12. The Hall–Kier alpha value is -2.19. The zero-order chi connectivity index (χ0) is 18.6. The zero-order valence-electron chi connectivity index (χ0n) is 14.7. The van der Waals surface area contributed by atoms with Crippen LogP contribution in [0.3, 0.4) is 0 Å². The van der Waals surface area contributed by atoms with Crippen LogP contribution in [-0.2, 0) is 0 Å². The summed E-state index contributed by atoms with van der Waals surface area (Å²) in [6.45, 7) is 2.83. The lowest BCUT2D eigenvalue weighted by Gasteiger charge is -2.24. The summed E-state index contributed by atoms with van der Waals surface area (Å²) in [5.74, 6) is -0.390. The maximum absolute atomic E-state index is 14.9. The van der Waals surface area contributed by atoms with Crippen molar-refractivity contribution >= 4 is 16.6 Å². The molecule has 2 atom stereocenters. The van der Waals surface area contributed by atoms with Crippen LogP contribution in [0.25, 0.3) is 10.9 Å². The molecule has 2 fully saturated rings. The summed E-state index contributed by atoms with van der Waals surface area (Å²) in [6, 6.07) is 0.956. The molecule has 26 heavy (non-hydrogen) atoms. The molecule has 4 N–H and O–H groups in total. The van der Waals surface area contributed by atoms with Crippen molar-refractivity contribution in [3.05, 3.63) is 38.3 Å². The number of rotatable bonds is 4. The normalized spacial score (nSPS) is 21.5. The third kappa shape index (κ3) is 2.64. The molecule has 0 radical (unpaired) electrons. The molecule has 140 valence electrons. The molecule has 0 bridgehead atoms. The van der Waals surface area contributed by atoms with Gasteiger partial charge in [0.2, 0.25) is 0 Å². The fraction of sp³-hybridized carbons (Fsp3) is 0.556. The summed E-state index contributed by atoms with van der Waals surface area (Å²) in [6.07, 6.45) is 2.53. The monoisotopic (exact) mass is 362 g/mol. The second-order valence-electron chi connectivity index (χ2n) is 7.43. The number of benzene rings is 1. The van der Waals surface area contributed by atoms with E-state index >= 15 is 0 Å². The number of nitrogens with two attached hydrogens (primary N) is 1. The van der Waals surface area contributed by atoms with Crippen molar-refractivity contribution in [2.24, 2.45) is 11.7 Å². The van der Waals surface area contributed by atoms with E-state index in [0.717, 1.165) is 19.3 Å². The molecule has 2 aromatic rings. The van der Waals surface area contributed by atoms with E-state index in [9.17, 15) is 19.1 Å². The Kier molecular flexibility index (Phi) is 4.11. The standard InChI is InChI=1S/C18H23FN4O3/c1-9-15-12(17(25)21-18(26)23(15)11-2-3-11)6-13(19)16(9)22-5-4-10(7-22)14(20)8-24/h6,10-11,14,24H,2-5,7-8,20H2,1H3,(H,21,25,26). The van der Waals surface area contributed by atoms with E-state index in [0.29, 0.717) is 29.9 Å². The fourth-order valence-electron chi connectivity index (χ4n) is 4.12. The number of aromatic nitrogens is 2. The van der Waals surface area contributed by atoms with E-state index < -0.39 is 17.1 Å². The van der Waals surface area contributed by atoms with Crippen LogP contribution in [0.5, 0.6) is 0 Å². The molecule has 0 amide bonds. The zero-order valence-corrected chi connectivity index (χ0v) is 14.7. The summed E-state index contributed by atoms with van der Waals surface area (Å²) < 4.78 is 16.5. The molecule has 4 rings (SSSR count).